The number of aliphatic hydroxyl groups excluding tert-OH is 1. The predicted molar refractivity (Wildman–Crippen MR) is 46.5 cm³/mol. The Morgan fingerprint density at radius 2 is 2.27 bits per heavy atom. The summed E-state index contributed by atoms with van der Waals surface area (Å²) in [5.41, 5.74) is 0. The normalized spacial score (nSPS) is 31.1. The largest absolute Gasteiger partial charge is 0.395 e. The Morgan fingerprint density at radius 1 is 1.45 bits per heavy atom. The zero-order valence-electron chi connectivity index (χ0n) is 7.34. The second-order valence-corrected chi connectivity index (χ2v) is 3.46. The summed E-state index contributed by atoms with van der Waals surface area (Å²) in [5.74, 6) is 0.936. The third-order valence-corrected chi connectivity index (χ3v) is 2.66. The molecule has 0 aromatic carbocycles. The molecule has 0 heterocycles. The summed E-state index contributed by atoms with van der Waals surface area (Å²) in [6.45, 7) is 3.30. The van der Waals surface area contributed by atoms with Crippen LogP contribution in [0.1, 0.15) is 32.6 Å². The molecule has 66 valence electrons. The summed E-state index contributed by atoms with van der Waals surface area (Å²) in [6, 6.07) is 0.687. The third kappa shape index (κ3) is 2.80. The molecule has 1 aliphatic carbocycles. The first kappa shape index (κ1) is 9.01. The van der Waals surface area contributed by atoms with Gasteiger partial charge in [-0.2, -0.15) is 0 Å². The number of hydrogen-bond donors (Lipinski definition) is 2. The maximum atomic E-state index is 8.59. The van der Waals surface area contributed by atoms with Crippen molar-refractivity contribution in [1.29, 1.82) is 0 Å². The van der Waals surface area contributed by atoms with Gasteiger partial charge in [0, 0.05) is 12.6 Å². The Hall–Kier alpha value is -0.0800. The zero-order chi connectivity index (χ0) is 8.10. The highest BCUT2D eigenvalue weighted by molar-refractivity contribution is 4.79. The predicted octanol–water partition coefficient (Wildman–Crippen LogP) is 1.15. The van der Waals surface area contributed by atoms with Gasteiger partial charge < -0.3 is 10.4 Å². The van der Waals surface area contributed by atoms with Crippen molar-refractivity contribution in [2.24, 2.45) is 5.92 Å². The molecule has 2 heteroatoms. The van der Waals surface area contributed by atoms with E-state index >= 15 is 0 Å². The fraction of sp³-hybridized carbons (Fsp3) is 1.00. The molecule has 1 aliphatic rings. The molecule has 0 radical (unpaired) electrons. The highest BCUT2D eigenvalue weighted by atomic mass is 16.3. The van der Waals surface area contributed by atoms with Crippen LogP contribution in [0, 0.1) is 5.92 Å². The van der Waals surface area contributed by atoms with E-state index in [4.69, 9.17) is 5.11 Å². The maximum Gasteiger partial charge on any atom is 0.0556 e. The quantitative estimate of drug-likeness (QED) is 0.641. The van der Waals surface area contributed by atoms with Crippen LogP contribution in [-0.2, 0) is 0 Å². The topological polar surface area (TPSA) is 32.3 Å². The van der Waals surface area contributed by atoms with E-state index < -0.39 is 0 Å². The van der Waals surface area contributed by atoms with Crippen molar-refractivity contribution in [3.05, 3.63) is 0 Å². The van der Waals surface area contributed by atoms with E-state index in [0.717, 1.165) is 12.5 Å². The molecule has 0 aliphatic heterocycles. The lowest BCUT2D eigenvalue weighted by molar-refractivity contribution is 0.283. The molecule has 2 N–H and O–H groups in total. The average Bonchev–Trinajstić information content (AvgIpc) is 2.48. The van der Waals surface area contributed by atoms with Crippen molar-refractivity contribution < 1.29 is 5.11 Å². The molecule has 2 nitrogen and oxygen atoms in total. The van der Waals surface area contributed by atoms with Crippen LogP contribution in [0.25, 0.3) is 0 Å². The van der Waals surface area contributed by atoms with Crippen molar-refractivity contribution in [1.82, 2.24) is 5.32 Å². The SMILES string of the molecule is CCC1CCC(NCCO)C1. The minimum atomic E-state index is 0.271. The molecular weight excluding hydrogens is 138 g/mol. The third-order valence-electron chi connectivity index (χ3n) is 2.66. The Morgan fingerprint density at radius 3 is 2.82 bits per heavy atom. The summed E-state index contributed by atoms with van der Waals surface area (Å²) in [7, 11) is 0. The first-order valence-electron chi connectivity index (χ1n) is 4.71. The number of nitrogens with one attached hydrogen (secondary N) is 1. The van der Waals surface area contributed by atoms with Crippen molar-refractivity contribution in [3.8, 4) is 0 Å². The molecule has 0 spiro atoms. The van der Waals surface area contributed by atoms with Crippen LogP contribution in [0.15, 0.2) is 0 Å². The van der Waals surface area contributed by atoms with Gasteiger partial charge in [0.15, 0.2) is 0 Å². The molecule has 0 bridgehead atoms. The number of hydrogen-bond acceptors (Lipinski definition) is 2. The Labute approximate surface area is 69.0 Å². The van der Waals surface area contributed by atoms with Gasteiger partial charge in [0.25, 0.3) is 0 Å². The van der Waals surface area contributed by atoms with E-state index in [1.807, 2.05) is 0 Å². The Kier molecular flexibility index (Phi) is 3.87. The molecule has 0 aromatic rings. The fourth-order valence-corrected chi connectivity index (χ4v) is 1.90. The van der Waals surface area contributed by atoms with Crippen LogP contribution in [0.4, 0.5) is 0 Å². The minimum absolute atomic E-state index is 0.271. The van der Waals surface area contributed by atoms with Gasteiger partial charge in [0.1, 0.15) is 0 Å². The second-order valence-electron chi connectivity index (χ2n) is 3.46. The molecule has 1 saturated carbocycles. The summed E-state index contributed by atoms with van der Waals surface area (Å²) in [5, 5.41) is 11.9. The molecule has 11 heavy (non-hydrogen) atoms. The maximum absolute atomic E-state index is 8.59. The van der Waals surface area contributed by atoms with Crippen LogP contribution in [0.2, 0.25) is 0 Å². The number of aliphatic hydroxyl groups is 1. The van der Waals surface area contributed by atoms with E-state index in [-0.39, 0.29) is 6.61 Å². The van der Waals surface area contributed by atoms with E-state index in [2.05, 4.69) is 12.2 Å². The molecule has 0 amide bonds. The molecule has 1 rings (SSSR count). The van der Waals surface area contributed by atoms with Crippen molar-refractivity contribution in [2.45, 2.75) is 38.6 Å². The fourth-order valence-electron chi connectivity index (χ4n) is 1.90. The Balaban J connectivity index is 2.09. The van der Waals surface area contributed by atoms with Gasteiger partial charge in [-0.1, -0.05) is 13.3 Å². The van der Waals surface area contributed by atoms with Crippen LogP contribution in [-0.4, -0.2) is 24.3 Å². The van der Waals surface area contributed by atoms with Crippen LogP contribution < -0.4 is 5.32 Å². The highest BCUT2D eigenvalue weighted by Crippen LogP contribution is 2.27. The monoisotopic (exact) mass is 157 g/mol. The molecule has 1 fully saturated rings. The van der Waals surface area contributed by atoms with E-state index in [9.17, 15) is 0 Å². The lowest BCUT2D eigenvalue weighted by Gasteiger charge is -2.10. The van der Waals surface area contributed by atoms with Crippen LogP contribution in [0.5, 0.6) is 0 Å². The van der Waals surface area contributed by atoms with E-state index in [0.29, 0.717) is 6.04 Å². The number of rotatable bonds is 4. The van der Waals surface area contributed by atoms with Crippen molar-refractivity contribution >= 4 is 0 Å². The van der Waals surface area contributed by atoms with Gasteiger partial charge >= 0.3 is 0 Å². The van der Waals surface area contributed by atoms with Gasteiger partial charge in [-0.3, -0.25) is 0 Å². The van der Waals surface area contributed by atoms with E-state index in [1.54, 1.807) is 0 Å². The molecule has 0 aromatic heterocycles. The van der Waals surface area contributed by atoms with Gasteiger partial charge in [-0.05, 0) is 25.2 Å². The first-order valence-corrected chi connectivity index (χ1v) is 4.71. The molecule has 0 saturated heterocycles. The van der Waals surface area contributed by atoms with Gasteiger partial charge in [0.05, 0.1) is 6.61 Å². The van der Waals surface area contributed by atoms with Crippen molar-refractivity contribution in [2.75, 3.05) is 13.2 Å². The highest BCUT2D eigenvalue weighted by Gasteiger charge is 2.21. The van der Waals surface area contributed by atoms with Gasteiger partial charge in [-0.25, -0.2) is 0 Å². The summed E-state index contributed by atoms with van der Waals surface area (Å²) in [6.07, 6.45) is 5.31. The summed E-state index contributed by atoms with van der Waals surface area (Å²) < 4.78 is 0. The van der Waals surface area contributed by atoms with E-state index in [1.165, 1.54) is 25.7 Å². The van der Waals surface area contributed by atoms with Gasteiger partial charge in [-0.15, -0.1) is 0 Å². The summed E-state index contributed by atoms with van der Waals surface area (Å²) in [4.78, 5) is 0. The second kappa shape index (κ2) is 4.73. The van der Waals surface area contributed by atoms with Gasteiger partial charge in [0.2, 0.25) is 0 Å². The average molecular weight is 157 g/mol. The Bertz CT molecular complexity index is 106. The molecule has 2 unspecified atom stereocenters. The lowest BCUT2D eigenvalue weighted by atomic mass is 10.1. The smallest absolute Gasteiger partial charge is 0.0556 e. The minimum Gasteiger partial charge on any atom is -0.395 e. The standard InChI is InChI=1S/C9H19NO/c1-2-8-3-4-9(7-8)10-5-6-11/h8-11H,2-7H2,1H3. The molecule has 2 atom stereocenters. The van der Waals surface area contributed by atoms with Crippen LogP contribution >= 0.6 is 0 Å². The van der Waals surface area contributed by atoms with Crippen LogP contribution in [0.3, 0.4) is 0 Å². The summed E-state index contributed by atoms with van der Waals surface area (Å²) >= 11 is 0. The first-order chi connectivity index (χ1) is 5.36. The zero-order valence-corrected chi connectivity index (χ0v) is 7.34. The molecular formula is C9H19NO. The lowest BCUT2D eigenvalue weighted by Crippen LogP contribution is -2.29. The van der Waals surface area contributed by atoms with Crippen molar-refractivity contribution in [3.63, 3.8) is 0 Å².